The fraction of sp³-hybridized carbons (Fsp3) is 0.529. The van der Waals surface area contributed by atoms with E-state index in [0.717, 1.165) is 44.7 Å². The van der Waals surface area contributed by atoms with Crippen molar-refractivity contribution in [1.82, 2.24) is 15.1 Å². The average Bonchev–Trinajstić information content (AvgIpc) is 2.76. The Hall–Kier alpha value is -2.02. The molecule has 1 aliphatic rings. The first kappa shape index (κ1) is 18.3. The van der Waals surface area contributed by atoms with E-state index in [1.807, 2.05) is 11.9 Å². The van der Waals surface area contributed by atoms with Gasteiger partial charge in [0.05, 0.1) is 5.56 Å². The van der Waals surface area contributed by atoms with Crippen molar-refractivity contribution < 1.29 is 18.4 Å². The van der Waals surface area contributed by atoms with E-state index >= 15 is 0 Å². The third-order valence-electron chi connectivity index (χ3n) is 4.10. The summed E-state index contributed by atoms with van der Waals surface area (Å²) in [6, 6.07) is 2.82. The standard InChI is InChI=1S/C17H23F2N3O2/c1-21-8-3-9-22(11-10-21)16(23)4-2-7-20-17(24)14-6-5-13(18)12-15(14)19/h5-6,12H,2-4,7-11H2,1H3,(H,20,24). The zero-order valence-electron chi connectivity index (χ0n) is 13.9. The monoisotopic (exact) mass is 339 g/mol. The Kier molecular flexibility index (Phi) is 6.66. The minimum atomic E-state index is -0.891. The molecule has 2 rings (SSSR count). The van der Waals surface area contributed by atoms with Gasteiger partial charge in [-0.2, -0.15) is 0 Å². The highest BCUT2D eigenvalue weighted by Gasteiger charge is 2.17. The SMILES string of the molecule is CN1CCCN(C(=O)CCCNC(=O)c2ccc(F)cc2F)CC1. The normalized spacial score (nSPS) is 15.9. The van der Waals surface area contributed by atoms with Crippen LogP contribution in [0.5, 0.6) is 0 Å². The van der Waals surface area contributed by atoms with Gasteiger partial charge in [0.1, 0.15) is 11.6 Å². The van der Waals surface area contributed by atoms with Gasteiger partial charge in [0.25, 0.3) is 5.91 Å². The fourth-order valence-corrected chi connectivity index (χ4v) is 2.66. The Labute approximate surface area is 140 Å². The van der Waals surface area contributed by atoms with E-state index in [1.54, 1.807) is 0 Å². The molecule has 0 atom stereocenters. The number of halogens is 2. The van der Waals surface area contributed by atoms with Crippen molar-refractivity contribution in [3.8, 4) is 0 Å². The van der Waals surface area contributed by atoms with Crippen LogP contribution in [-0.4, -0.2) is 61.4 Å². The van der Waals surface area contributed by atoms with Crippen LogP contribution in [0.15, 0.2) is 18.2 Å². The molecule has 0 saturated carbocycles. The molecule has 2 amide bonds. The van der Waals surface area contributed by atoms with Gasteiger partial charge in [0.2, 0.25) is 5.91 Å². The number of carbonyl (C=O) groups excluding carboxylic acids is 2. The molecular formula is C17H23F2N3O2. The van der Waals surface area contributed by atoms with Crippen LogP contribution < -0.4 is 5.32 Å². The summed E-state index contributed by atoms with van der Waals surface area (Å²) in [6.07, 6.45) is 1.79. The zero-order valence-corrected chi connectivity index (χ0v) is 13.9. The van der Waals surface area contributed by atoms with Gasteiger partial charge in [-0.1, -0.05) is 0 Å². The average molecular weight is 339 g/mol. The van der Waals surface area contributed by atoms with E-state index in [1.165, 1.54) is 0 Å². The van der Waals surface area contributed by atoms with E-state index in [0.29, 0.717) is 18.9 Å². The summed E-state index contributed by atoms with van der Waals surface area (Å²) in [6.45, 7) is 3.61. The van der Waals surface area contributed by atoms with Gasteiger partial charge >= 0.3 is 0 Å². The smallest absolute Gasteiger partial charge is 0.254 e. The number of likely N-dealkylation sites (N-methyl/N-ethyl adjacent to an activating group) is 1. The second kappa shape index (κ2) is 8.73. The minimum Gasteiger partial charge on any atom is -0.352 e. The molecule has 1 N–H and O–H groups in total. The van der Waals surface area contributed by atoms with Gasteiger partial charge in [0, 0.05) is 38.7 Å². The number of hydrogen-bond acceptors (Lipinski definition) is 3. The maximum absolute atomic E-state index is 13.5. The Morgan fingerprint density at radius 3 is 2.71 bits per heavy atom. The van der Waals surface area contributed by atoms with E-state index in [2.05, 4.69) is 10.2 Å². The molecule has 5 nitrogen and oxygen atoms in total. The van der Waals surface area contributed by atoms with Crippen molar-refractivity contribution in [2.45, 2.75) is 19.3 Å². The largest absolute Gasteiger partial charge is 0.352 e. The lowest BCUT2D eigenvalue weighted by Crippen LogP contribution is -2.35. The molecule has 1 aromatic rings. The molecule has 1 heterocycles. The van der Waals surface area contributed by atoms with Crippen LogP contribution >= 0.6 is 0 Å². The Bertz CT molecular complexity index is 595. The molecule has 0 radical (unpaired) electrons. The molecule has 1 aliphatic heterocycles. The minimum absolute atomic E-state index is 0.0764. The van der Waals surface area contributed by atoms with Crippen LogP contribution in [-0.2, 0) is 4.79 Å². The Morgan fingerprint density at radius 1 is 1.17 bits per heavy atom. The Balaban J connectivity index is 1.72. The molecule has 7 heteroatoms. The third kappa shape index (κ3) is 5.26. The second-order valence-electron chi connectivity index (χ2n) is 6.02. The van der Waals surface area contributed by atoms with E-state index in [4.69, 9.17) is 0 Å². The fourth-order valence-electron chi connectivity index (χ4n) is 2.66. The van der Waals surface area contributed by atoms with Crippen LogP contribution in [0.2, 0.25) is 0 Å². The summed E-state index contributed by atoms with van der Waals surface area (Å²) in [4.78, 5) is 28.0. The first-order valence-corrected chi connectivity index (χ1v) is 8.17. The number of amides is 2. The quantitative estimate of drug-likeness (QED) is 0.830. The van der Waals surface area contributed by atoms with Crippen LogP contribution in [0.4, 0.5) is 8.78 Å². The maximum atomic E-state index is 13.5. The number of hydrogen-bond donors (Lipinski definition) is 1. The summed E-state index contributed by atoms with van der Waals surface area (Å²) in [5.74, 6) is -2.14. The lowest BCUT2D eigenvalue weighted by atomic mass is 10.2. The van der Waals surface area contributed by atoms with Crippen LogP contribution in [0.3, 0.4) is 0 Å². The lowest BCUT2D eigenvalue weighted by molar-refractivity contribution is -0.131. The number of rotatable bonds is 5. The number of carbonyl (C=O) groups is 2. The van der Waals surface area contributed by atoms with Crippen molar-refractivity contribution in [1.29, 1.82) is 0 Å². The van der Waals surface area contributed by atoms with E-state index in [9.17, 15) is 18.4 Å². The highest BCUT2D eigenvalue weighted by molar-refractivity contribution is 5.94. The Morgan fingerprint density at radius 2 is 1.96 bits per heavy atom. The van der Waals surface area contributed by atoms with E-state index in [-0.39, 0.29) is 18.0 Å². The number of benzene rings is 1. The summed E-state index contributed by atoms with van der Waals surface area (Å²) in [7, 11) is 2.04. The zero-order chi connectivity index (χ0) is 17.5. The van der Waals surface area contributed by atoms with Crippen molar-refractivity contribution in [3.63, 3.8) is 0 Å². The maximum Gasteiger partial charge on any atom is 0.254 e. The molecule has 1 fully saturated rings. The van der Waals surface area contributed by atoms with Crippen molar-refractivity contribution in [2.24, 2.45) is 0 Å². The van der Waals surface area contributed by atoms with E-state index < -0.39 is 17.5 Å². The molecule has 1 saturated heterocycles. The van der Waals surface area contributed by atoms with Crippen molar-refractivity contribution in [3.05, 3.63) is 35.4 Å². The summed E-state index contributed by atoms with van der Waals surface area (Å²) >= 11 is 0. The summed E-state index contributed by atoms with van der Waals surface area (Å²) in [5, 5.41) is 2.56. The number of nitrogens with zero attached hydrogens (tertiary/aromatic N) is 2. The first-order valence-electron chi connectivity index (χ1n) is 8.17. The molecule has 0 spiro atoms. The van der Waals surface area contributed by atoms with Crippen LogP contribution in [0, 0.1) is 11.6 Å². The predicted octanol–water partition coefficient (Wildman–Crippen LogP) is 1.64. The van der Waals surface area contributed by atoms with Gasteiger partial charge in [-0.3, -0.25) is 9.59 Å². The van der Waals surface area contributed by atoms with Crippen molar-refractivity contribution >= 4 is 11.8 Å². The first-order chi connectivity index (χ1) is 11.5. The summed E-state index contributed by atoms with van der Waals surface area (Å²) in [5.41, 5.74) is -0.196. The molecule has 0 aliphatic carbocycles. The highest BCUT2D eigenvalue weighted by Crippen LogP contribution is 2.09. The van der Waals surface area contributed by atoms with Crippen LogP contribution in [0.25, 0.3) is 0 Å². The predicted molar refractivity (Wildman–Crippen MR) is 86.6 cm³/mol. The van der Waals surface area contributed by atoms with Gasteiger partial charge in [-0.25, -0.2) is 8.78 Å². The second-order valence-corrected chi connectivity index (χ2v) is 6.02. The van der Waals surface area contributed by atoms with Crippen LogP contribution in [0.1, 0.15) is 29.6 Å². The van der Waals surface area contributed by atoms with Gasteiger partial charge < -0.3 is 15.1 Å². The molecule has 0 unspecified atom stereocenters. The molecule has 24 heavy (non-hydrogen) atoms. The molecule has 0 aromatic heterocycles. The topological polar surface area (TPSA) is 52.6 Å². The molecule has 1 aromatic carbocycles. The molecule has 132 valence electrons. The van der Waals surface area contributed by atoms with Gasteiger partial charge in [-0.05, 0) is 38.6 Å². The number of nitrogens with one attached hydrogen (secondary N) is 1. The third-order valence-corrected chi connectivity index (χ3v) is 4.10. The molecular weight excluding hydrogens is 316 g/mol. The highest BCUT2D eigenvalue weighted by atomic mass is 19.1. The van der Waals surface area contributed by atoms with Gasteiger partial charge in [0.15, 0.2) is 0 Å². The lowest BCUT2D eigenvalue weighted by Gasteiger charge is -2.20. The summed E-state index contributed by atoms with van der Waals surface area (Å²) < 4.78 is 26.3. The van der Waals surface area contributed by atoms with Gasteiger partial charge in [-0.15, -0.1) is 0 Å². The molecule has 0 bridgehead atoms. The van der Waals surface area contributed by atoms with Crippen molar-refractivity contribution in [2.75, 3.05) is 39.8 Å².